The van der Waals surface area contributed by atoms with E-state index in [-0.39, 0.29) is 0 Å². The van der Waals surface area contributed by atoms with Crippen LogP contribution in [-0.4, -0.2) is 6.54 Å². The summed E-state index contributed by atoms with van der Waals surface area (Å²) in [6.45, 7) is 3.94. The second-order valence-electron chi connectivity index (χ2n) is 3.16. The molecule has 0 aliphatic rings. The zero-order chi connectivity index (χ0) is 10.2. The number of rotatable bonds is 5. The second kappa shape index (κ2) is 6.63. The zero-order valence-corrected chi connectivity index (χ0v) is 9.22. The van der Waals surface area contributed by atoms with Crippen LogP contribution < -0.4 is 5.32 Å². The van der Waals surface area contributed by atoms with Crippen molar-refractivity contribution in [1.29, 1.82) is 0 Å². The van der Waals surface area contributed by atoms with E-state index in [1.54, 1.807) is 0 Å². The van der Waals surface area contributed by atoms with Gasteiger partial charge in [-0.2, -0.15) is 0 Å². The molecule has 0 bridgehead atoms. The van der Waals surface area contributed by atoms with Crippen molar-refractivity contribution in [3.8, 4) is 0 Å². The first-order valence-corrected chi connectivity index (χ1v) is 5.27. The monoisotopic (exact) mass is 209 g/mol. The largest absolute Gasteiger partial charge is 0.312 e. The minimum Gasteiger partial charge on any atom is -0.312 e. The first-order chi connectivity index (χ1) is 6.83. The fourth-order valence-electron chi connectivity index (χ4n) is 1.23. The zero-order valence-electron chi connectivity index (χ0n) is 8.46. The van der Waals surface area contributed by atoms with Crippen LogP contribution in [0.4, 0.5) is 0 Å². The average molecular weight is 210 g/mol. The van der Waals surface area contributed by atoms with E-state index in [1.165, 1.54) is 5.56 Å². The van der Waals surface area contributed by atoms with E-state index in [0.717, 1.165) is 24.5 Å². The van der Waals surface area contributed by atoms with Crippen LogP contribution in [-0.2, 0) is 6.54 Å². The molecule has 0 aromatic heterocycles. The van der Waals surface area contributed by atoms with E-state index >= 15 is 0 Å². The van der Waals surface area contributed by atoms with Crippen LogP contribution >= 0.6 is 11.6 Å². The molecule has 2 heteroatoms. The molecule has 1 rings (SSSR count). The Morgan fingerprint density at radius 3 is 3.00 bits per heavy atom. The van der Waals surface area contributed by atoms with Gasteiger partial charge in [-0.1, -0.05) is 35.9 Å². The van der Waals surface area contributed by atoms with E-state index in [0.29, 0.717) is 0 Å². The van der Waals surface area contributed by atoms with Crippen LogP contribution in [0, 0.1) is 0 Å². The Hall–Kier alpha value is -0.790. The fraction of sp³-hybridized carbons (Fsp3) is 0.333. The van der Waals surface area contributed by atoms with Gasteiger partial charge in [0.1, 0.15) is 0 Å². The van der Waals surface area contributed by atoms with Crippen molar-refractivity contribution in [2.75, 3.05) is 6.54 Å². The van der Waals surface area contributed by atoms with E-state index in [9.17, 15) is 0 Å². The summed E-state index contributed by atoms with van der Waals surface area (Å²) in [5.74, 6) is 0. The lowest BCUT2D eigenvalue weighted by molar-refractivity contribution is 0.695. The van der Waals surface area contributed by atoms with E-state index in [4.69, 9.17) is 11.6 Å². The van der Waals surface area contributed by atoms with Gasteiger partial charge in [0.05, 0.1) is 0 Å². The summed E-state index contributed by atoms with van der Waals surface area (Å²) in [5, 5.41) is 4.16. The molecule has 0 atom stereocenters. The van der Waals surface area contributed by atoms with Crippen molar-refractivity contribution in [2.24, 2.45) is 0 Å². The summed E-state index contributed by atoms with van der Waals surface area (Å²) in [7, 11) is 0. The van der Waals surface area contributed by atoms with Crippen molar-refractivity contribution in [2.45, 2.75) is 19.9 Å². The Labute approximate surface area is 90.8 Å². The lowest BCUT2D eigenvalue weighted by Gasteiger charge is -2.03. The number of hydrogen-bond acceptors (Lipinski definition) is 1. The third kappa shape index (κ3) is 4.45. The molecule has 0 saturated heterocycles. The van der Waals surface area contributed by atoms with Crippen LogP contribution in [0.2, 0.25) is 5.02 Å². The molecule has 1 N–H and O–H groups in total. The van der Waals surface area contributed by atoms with Crippen LogP contribution in [0.1, 0.15) is 18.9 Å². The maximum Gasteiger partial charge on any atom is 0.0409 e. The van der Waals surface area contributed by atoms with Gasteiger partial charge in [-0.05, 0) is 37.6 Å². The van der Waals surface area contributed by atoms with E-state index in [1.807, 2.05) is 25.1 Å². The van der Waals surface area contributed by atoms with Gasteiger partial charge in [-0.25, -0.2) is 0 Å². The molecule has 1 nitrogen and oxygen atoms in total. The second-order valence-corrected chi connectivity index (χ2v) is 3.60. The molecule has 0 saturated carbocycles. The topological polar surface area (TPSA) is 12.0 Å². The highest BCUT2D eigenvalue weighted by Gasteiger charge is 1.92. The summed E-state index contributed by atoms with van der Waals surface area (Å²) < 4.78 is 0. The van der Waals surface area contributed by atoms with Crippen molar-refractivity contribution >= 4 is 11.6 Å². The van der Waals surface area contributed by atoms with Gasteiger partial charge in [0.2, 0.25) is 0 Å². The van der Waals surface area contributed by atoms with Crippen LogP contribution in [0.5, 0.6) is 0 Å². The molecule has 0 spiro atoms. The normalized spacial score (nSPS) is 11.0. The Morgan fingerprint density at radius 1 is 1.43 bits per heavy atom. The van der Waals surface area contributed by atoms with Gasteiger partial charge in [-0.3, -0.25) is 0 Å². The standard InChI is InChI=1S/C12H16ClN/c1-2-3-4-8-14-10-11-6-5-7-12(13)9-11/h2-3,5-7,9,14H,4,8,10H2,1H3/b3-2+. The predicted molar refractivity (Wildman–Crippen MR) is 62.6 cm³/mol. The molecule has 0 aliphatic carbocycles. The van der Waals surface area contributed by atoms with Crippen molar-refractivity contribution in [3.05, 3.63) is 47.0 Å². The SMILES string of the molecule is C/C=C/CCNCc1cccc(Cl)c1. The summed E-state index contributed by atoms with van der Waals surface area (Å²) in [5.41, 5.74) is 1.23. The number of allylic oxidation sites excluding steroid dienone is 1. The van der Waals surface area contributed by atoms with Crippen molar-refractivity contribution in [3.63, 3.8) is 0 Å². The van der Waals surface area contributed by atoms with Gasteiger partial charge >= 0.3 is 0 Å². The Bertz CT molecular complexity index is 294. The summed E-state index contributed by atoms with van der Waals surface area (Å²) in [6.07, 6.45) is 5.31. The minimum atomic E-state index is 0.803. The molecule has 0 amide bonds. The number of nitrogens with one attached hydrogen (secondary N) is 1. The van der Waals surface area contributed by atoms with Gasteiger partial charge in [0, 0.05) is 11.6 Å². The highest BCUT2D eigenvalue weighted by Crippen LogP contribution is 2.09. The molecule has 0 aliphatic heterocycles. The number of benzene rings is 1. The molecule has 76 valence electrons. The number of hydrogen-bond donors (Lipinski definition) is 1. The highest BCUT2D eigenvalue weighted by atomic mass is 35.5. The molecule has 0 fully saturated rings. The quantitative estimate of drug-likeness (QED) is 0.579. The molecular formula is C12H16ClN. The van der Waals surface area contributed by atoms with Gasteiger partial charge in [-0.15, -0.1) is 0 Å². The maximum atomic E-state index is 5.87. The lowest BCUT2D eigenvalue weighted by Crippen LogP contribution is -2.13. The van der Waals surface area contributed by atoms with Gasteiger partial charge in [0.25, 0.3) is 0 Å². The minimum absolute atomic E-state index is 0.803. The van der Waals surface area contributed by atoms with Crippen molar-refractivity contribution < 1.29 is 0 Å². The lowest BCUT2D eigenvalue weighted by atomic mass is 10.2. The van der Waals surface area contributed by atoms with Crippen LogP contribution in [0.3, 0.4) is 0 Å². The molecule has 14 heavy (non-hydrogen) atoms. The first kappa shape index (κ1) is 11.3. The van der Waals surface area contributed by atoms with Crippen molar-refractivity contribution in [1.82, 2.24) is 5.32 Å². The predicted octanol–water partition coefficient (Wildman–Crippen LogP) is 3.40. The average Bonchev–Trinajstić information content (AvgIpc) is 2.18. The number of halogens is 1. The Balaban J connectivity index is 2.24. The smallest absolute Gasteiger partial charge is 0.0409 e. The summed E-state index contributed by atoms with van der Waals surface area (Å²) in [4.78, 5) is 0. The third-order valence-corrected chi connectivity index (χ3v) is 2.18. The Morgan fingerprint density at radius 2 is 2.29 bits per heavy atom. The van der Waals surface area contributed by atoms with E-state index < -0.39 is 0 Å². The van der Waals surface area contributed by atoms with Gasteiger partial charge in [0.15, 0.2) is 0 Å². The summed E-state index contributed by atoms with van der Waals surface area (Å²) >= 11 is 5.87. The van der Waals surface area contributed by atoms with Crippen LogP contribution in [0.25, 0.3) is 0 Å². The molecular weight excluding hydrogens is 194 g/mol. The highest BCUT2D eigenvalue weighted by molar-refractivity contribution is 6.30. The Kier molecular flexibility index (Phi) is 5.35. The van der Waals surface area contributed by atoms with E-state index in [2.05, 4.69) is 23.5 Å². The molecule has 1 aromatic carbocycles. The molecule has 1 aromatic rings. The van der Waals surface area contributed by atoms with Gasteiger partial charge < -0.3 is 5.32 Å². The fourth-order valence-corrected chi connectivity index (χ4v) is 1.44. The third-order valence-electron chi connectivity index (χ3n) is 1.94. The molecule has 0 radical (unpaired) electrons. The summed E-state index contributed by atoms with van der Waals surface area (Å²) in [6, 6.07) is 7.94. The molecule has 0 unspecified atom stereocenters. The molecule has 0 heterocycles. The van der Waals surface area contributed by atoms with Crippen LogP contribution in [0.15, 0.2) is 36.4 Å². The first-order valence-electron chi connectivity index (χ1n) is 4.89. The maximum absolute atomic E-state index is 5.87.